The van der Waals surface area contributed by atoms with Gasteiger partial charge in [-0.2, -0.15) is 4.31 Å². The predicted molar refractivity (Wildman–Crippen MR) is 114 cm³/mol. The lowest BCUT2D eigenvalue weighted by molar-refractivity contribution is 0.111. The normalized spacial score (nSPS) is 13.9. The van der Waals surface area contributed by atoms with E-state index in [9.17, 15) is 13.5 Å². The molecule has 0 fully saturated rings. The van der Waals surface area contributed by atoms with E-state index in [4.69, 9.17) is 21.1 Å². The van der Waals surface area contributed by atoms with Crippen LogP contribution in [0, 0.1) is 5.41 Å². The van der Waals surface area contributed by atoms with Crippen LogP contribution >= 0.6 is 11.6 Å². The van der Waals surface area contributed by atoms with Gasteiger partial charge in [-0.3, -0.25) is 0 Å². The second kappa shape index (κ2) is 9.80. The lowest BCUT2D eigenvalue weighted by Crippen LogP contribution is -2.41. The average Bonchev–Trinajstić information content (AvgIpc) is 2.73. The number of hydrogen-bond acceptors (Lipinski definition) is 5. The number of ether oxygens (including phenoxy) is 2. The summed E-state index contributed by atoms with van der Waals surface area (Å²) in [5, 5.41) is 10.3. The fourth-order valence-electron chi connectivity index (χ4n) is 2.86. The summed E-state index contributed by atoms with van der Waals surface area (Å²) in [7, 11) is -0.737. The highest BCUT2D eigenvalue weighted by Crippen LogP contribution is 2.31. The van der Waals surface area contributed by atoms with Crippen LogP contribution in [-0.2, 0) is 16.6 Å². The van der Waals surface area contributed by atoms with Crippen LogP contribution in [0.2, 0.25) is 5.02 Å². The molecule has 0 spiro atoms. The molecule has 0 radical (unpaired) electrons. The first-order valence-corrected chi connectivity index (χ1v) is 11.1. The first-order chi connectivity index (χ1) is 13.7. The van der Waals surface area contributed by atoms with Crippen molar-refractivity contribution in [3.8, 4) is 11.5 Å². The van der Waals surface area contributed by atoms with Gasteiger partial charge in [0.1, 0.15) is 0 Å². The first kappa shape index (κ1) is 23.5. The van der Waals surface area contributed by atoms with Crippen LogP contribution in [0.15, 0.2) is 47.4 Å². The fourth-order valence-corrected chi connectivity index (χ4v) is 4.57. The second-order valence-corrected chi connectivity index (χ2v) is 9.61. The molecule has 29 heavy (non-hydrogen) atoms. The zero-order valence-electron chi connectivity index (χ0n) is 17.2. The number of benzene rings is 2. The topological polar surface area (TPSA) is 76.1 Å². The lowest BCUT2D eigenvalue weighted by atomic mass is 9.88. The third-order valence-corrected chi connectivity index (χ3v) is 7.11. The van der Waals surface area contributed by atoms with Gasteiger partial charge in [0.25, 0.3) is 0 Å². The van der Waals surface area contributed by atoms with Crippen LogP contribution in [0.4, 0.5) is 0 Å². The van der Waals surface area contributed by atoms with Gasteiger partial charge in [0.2, 0.25) is 10.0 Å². The molecule has 0 unspecified atom stereocenters. The molecule has 8 heteroatoms. The molecule has 1 N–H and O–H groups in total. The van der Waals surface area contributed by atoms with Gasteiger partial charge >= 0.3 is 0 Å². The monoisotopic (exact) mass is 441 g/mol. The van der Waals surface area contributed by atoms with E-state index in [2.05, 4.69) is 0 Å². The molecule has 1 atom stereocenters. The van der Waals surface area contributed by atoms with Crippen molar-refractivity contribution < 1.29 is 23.0 Å². The van der Waals surface area contributed by atoms with Gasteiger partial charge < -0.3 is 14.6 Å². The maximum atomic E-state index is 13.4. The first-order valence-electron chi connectivity index (χ1n) is 9.26. The summed E-state index contributed by atoms with van der Waals surface area (Å²) in [6.45, 7) is 3.97. The van der Waals surface area contributed by atoms with Crippen molar-refractivity contribution in [2.45, 2.75) is 31.7 Å². The summed E-state index contributed by atoms with van der Waals surface area (Å²) in [5.74, 6) is 1.09. The molecule has 0 aromatic heterocycles. The van der Waals surface area contributed by atoms with Crippen molar-refractivity contribution >= 4 is 21.6 Å². The Bertz CT molecular complexity index is 911. The number of rotatable bonds is 10. The highest BCUT2D eigenvalue weighted by atomic mass is 35.5. The van der Waals surface area contributed by atoms with E-state index >= 15 is 0 Å². The minimum absolute atomic E-state index is 0.123. The molecule has 0 aliphatic carbocycles. The smallest absolute Gasteiger partial charge is 0.243 e. The highest BCUT2D eigenvalue weighted by molar-refractivity contribution is 7.89. The number of halogens is 1. The Hall–Kier alpha value is -1.80. The van der Waals surface area contributed by atoms with Crippen molar-refractivity contribution in [2.75, 3.05) is 27.4 Å². The highest BCUT2D eigenvalue weighted by Gasteiger charge is 2.32. The standard InChI is InChI=1S/C21H28ClNO5S/c1-5-21(2,15-24)14-23(29(25,26)18-9-7-17(22)8-10-18)13-16-6-11-19(27-3)20(12-16)28-4/h6-12,24H,5,13-15H2,1-4H3/t21-/m0/s1. The number of aliphatic hydroxyl groups is 1. The SMILES string of the molecule is CC[C@](C)(CO)CN(Cc1ccc(OC)c(OC)c1)S(=O)(=O)c1ccc(Cl)cc1. The van der Waals surface area contributed by atoms with Crippen molar-refractivity contribution in [3.63, 3.8) is 0 Å². The number of methoxy groups -OCH3 is 2. The number of aliphatic hydroxyl groups excluding tert-OH is 1. The predicted octanol–water partition coefficient (Wildman–Crippen LogP) is 3.96. The zero-order valence-corrected chi connectivity index (χ0v) is 18.8. The molecule has 2 aromatic rings. The Kier molecular flexibility index (Phi) is 7.94. The Morgan fingerprint density at radius 3 is 2.21 bits per heavy atom. The van der Waals surface area contributed by atoms with E-state index < -0.39 is 15.4 Å². The average molecular weight is 442 g/mol. The Balaban J connectivity index is 2.46. The van der Waals surface area contributed by atoms with E-state index in [-0.39, 0.29) is 24.6 Å². The van der Waals surface area contributed by atoms with Gasteiger partial charge in [0, 0.05) is 30.1 Å². The zero-order chi connectivity index (χ0) is 21.7. The molecule has 160 valence electrons. The minimum Gasteiger partial charge on any atom is -0.493 e. The second-order valence-electron chi connectivity index (χ2n) is 7.24. The van der Waals surface area contributed by atoms with Crippen LogP contribution in [-0.4, -0.2) is 45.2 Å². The van der Waals surface area contributed by atoms with Crippen LogP contribution in [0.25, 0.3) is 0 Å². The number of sulfonamides is 1. The maximum Gasteiger partial charge on any atom is 0.243 e. The molecule has 0 amide bonds. The van der Waals surface area contributed by atoms with Gasteiger partial charge in [-0.1, -0.05) is 31.5 Å². The third kappa shape index (κ3) is 5.63. The van der Waals surface area contributed by atoms with Crippen molar-refractivity contribution in [1.82, 2.24) is 4.31 Å². The molecule has 2 aromatic carbocycles. The summed E-state index contributed by atoms with van der Waals surface area (Å²) in [4.78, 5) is 0.152. The molecule has 0 aliphatic rings. The number of hydrogen-bond donors (Lipinski definition) is 1. The fraction of sp³-hybridized carbons (Fsp3) is 0.429. The lowest BCUT2D eigenvalue weighted by Gasteiger charge is -2.33. The summed E-state index contributed by atoms with van der Waals surface area (Å²) < 4.78 is 38.7. The van der Waals surface area contributed by atoms with Gasteiger partial charge in [0.05, 0.1) is 19.1 Å². The summed E-state index contributed by atoms with van der Waals surface area (Å²) in [6.07, 6.45) is 0.627. The molecule has 0 bridgehead atoms. The summed E-state index contributed by atoms with van der Waals surface area (Å²) >= 11 is 5.92. The number of nitrogens with zero attached hydrogens (tertiary/aromatic N) is 1. The summed E-state index contributed by atoms with van der Waals surface area (Å²) in [5.41, 5.74) is 0.173. The van der Waals surface area contributed by atoms with Crippen molar-refractivity contribution in [2.24, 2.45) is 5.41 Å². The Morgan fingerprint density at radius 1 is 1.07 bits per heavy atom. The minimum atomic E-state index is -3.81. The van der Waals surface area contributed by atoms with E-state index in [1.807, 2.05) is 13.8 Å². The molecule has 0 saturated carbocycles. The van der Waals surface area contributed by atoms with Crippen molar-refractivity contribution in [3.05, 3.63) is 53.1 Å². The van der Waals surface area contributed by atoms with Gasteiger partial charge in [0.15, 0.2) is 11.5 Å². The molecule has 2 rings (SSSR count). The quantitative estimate of drug-likeness (QED) is 0.604. The van der Waals surface area contributed by atoms with Gasteiger partial charge in [-0.25, -0.2) is 8.42 Å². The maximum absolute atomic E-state index is 13.4. The molecule has 0 aliphatic heterocycles. The van der Waals surface area contributed by atoms with Gasteiger partial charge in [-0.05, 0) is 48.4 Å². The molecule has 0 heterocycles. The molecule has 6 nitrogen and oxygen atoms in total. The van der Waals surface area contributed by atoms with Crippen LogP contribution < -0.4 is 9.47 Å². The van der Waals surface area contributed by atoms with E-state index in [1.165, 1.54) is 23.5 Å². The summed E-state index contributed by atoms with van der Waals surface area (Å²) in [6, 6.07) is 11.4. The van der Waals surface area contributed by atoms with Crippen LogP contribution in [0.1, 0.15) is 25.8 Å². The molecular formula is C21H28ClNO5S. The van der Waals surface area contributed by atoms with E-state index in [0.29, 0.717) is 22.9 Å². The molecule has 0 saturated heterocycles. The van der Waals surface area contributed by atoms with E-state index in [1.54, 1.807) is 37.4 Å². The van der Waals surface area contributed by atoms with Crippen molar-refractivity contribution in [1.29, 1.82) is 0 Å². The van der Waals surface area contributed by atoms with Crippen LogP contribution in [0.3, 0.4) is 0 Å². The Labute approximate surface area is 178 Å². The van der Waals surface area contributed by atoms with E-state index in [0.717, 1.165) is 5.56 Å². The van der Waals surface area contributed by atoms with Gasteiger partial charge in [-0.15, -0.1) is 0 Å². The largest absolute Gasteiger partial charge is 0.493 e. The molecular weight excluding hydrogens is 414 g/mol. The third-order valence-electron chi connectivity index (χ3n) is 5.05. The van der Waals surface area contributed by atoms with Crippen LogP contribution in [0.5, 0.6) is 11.5 Å². The Morgan fingerprint density at radius 2 is 1.69 bits per heavy atom.